The predicted octanol–water partition coefficient (Wildman–Crippen LogP) is 3.87. The Kier molecular flexibility index (Phi) is 7.93. The number of aromatic nitrogens is 2. The summed E-state index contributed by atoms with van der Waals surface area (Å²) in [5.74, 6) is 1.78. The van der Waals surface area contributed by atoms with E-state index in [0.717, 1.165) is 62.4 Å². The van der Waals surface area contributed by atoms with E-state index in [0.29, 0.717) is 29.0 Å². The lowest BCUT2D eigenvalue weighted by molar-refractivity contribution is -0.120. The number of piperidine rings is 1. The van der Waals surface area contributed by atoms with Gasteiger partial charge in [-0.3, -0.25) is 9.59 Å². The van der Waals surface area contributed by atoms with Gasteiger partial charge in [0.1, 0.15) is 17.5 Å². The molecule has 2 aliphatic heterocycles. The van der Waals surface area contributed by atoms with E-state index in [1.54, 1.807) is 24.1 Å². The van der Waals surface area contributed by atoms with E-state index in [1.807, 2.05) is 20.0 Å². The molecule has 3 aliphatic rings. The molecule has 1 aliphatic carbocycles. The molecule has 10 heteroatoms. The van der Waals surface area contributed by atoms with Crippen molar-refractivity contribution >= 4 is 35.0 Å². The molecule has 0 unspecified atom stereocenters. The van der Waals surface area contributed by atoms with E-state index >= 15 is 0 Å². The van der Waals surface area contributed by atoms with Crippen LogP contribution < -0.4 is 25.2 Å². The lowest BCUT2D eigenvalue weighted by Crippen LogP contribution is -2.55. The topological polar surface area (TPSA) is 103 Å². The number of fused-ring (bicyclic) bond motifs is 1. The molecule has 10 nitrogen and oxygen atoms in total. The highest BCUT2D eigenvalue weighted by Gasteiger charge is 2.42. The van der Waals surface area contributed by atoms with Crippen LogP contribution in [0.15, 0.2) is 18.2 Å². The fraction of sp³-hybridized carbons (Fsp3) is 0.586. The first-order valence-corrected chi connectivity index (χ1v) is 14.2. The number of ether oxygens (including phenoxy) is 1. The Bertz CT molecular complexity index is 1220. The molecule has 2 N–H and O–H groups in total. The van der Waals surface area contributed by atoms with Gasteiger partial charge < -0.3 is 30.1 Å². The number of amides is 2. The van der Waals surface area contributed by atoms with Crippen LogP contribution in [-0.4, -0.2) is 79.1 Å². The largest absolute Gasteiger partial charge is 0.495 e. The fourth-order valence-corrected chi connectivity index (χ4v) is 6.24. The monoisotopic (exact) mass is 535 g/mol. The summed E-state index contributed by atoms with van der Waals surface area (Å²) < 4.78 is 5.66. The minimum atomic E-state index is -0.232. The van der Waals surface area contributed by atoms with Crippen LogP contribution in [0.2, 0.25) is 0 Å². The van der Waals surface area contributed by atoms with E-state index in [2.05, 4.69) is 34.4 Å². The Morgan fingerprint density at radius 3 is 2.49 bits per heavy atom. The molecule has 39 heavy (non-hydrogen) atoms. The van der Waals surface area contributed by atoms with E-state index < -0.39 is 0 Å². The quantitative estimate of drug-likeness (QED) is 0.551. The summed E-state index contributed by atoms with van der Waals surface area (Å²) in [5.41, 5.74) is 2.74. The number of carbonyl (C=O) groups excluding carboxylic acids is 2. The molecule has 1 aromatic carbocycles. The molecule has 210 valence electrons. The number of carbonyl (C=O) groups is 2. The zero-order valence-corrected chi connectivity index (χ0v) is 23.8. The third-order valence-corrected chi connectivity index (χ3v) is 8.44. The third kappa shape index (κ3) is 5.39. The third-order valence-electron chi connectivity index (χ3n) is 8.44. The predicted molar refractivity (Wildman–Crippen MR) is 153 cm³/mol. The Labute approximate surface area is 231 Å². The van der Waals surface area contributed by atoms with Gasteiger partial charge in [0.25, 0.3) is 5.91 Å². The van der Waals surface area contributed by atoms with Gasteiger partial charge in [0.2, 0.25) is 11.9 Å². The van der Waals surface area contributed by atoms with Crippen LogP contribution in [0.3, 0.4) is 0 Å². The summed E-state index contributed by atoms with van der Waals surface area (Å²) >= 11 is 0. The number of anilines is 4. The summed E-state index contributed by atoms with van der Waals surface area (Å²) in [7, 11) is 5.51. The van der Waals surface area contributed by atoms with Crippen molar-refractivity contribution in [3.63, 3.8) is 0 Å². The fourth-order valence-electron chi connectivity index (χ4n) is 6.24. The molecule has 1 saturated heterocycles. The van der Waals surface area contributed by atoms with Gasteiger partial charge in [-0.25, -0.2) is 4.98 Å². The second-order valence-corrected chi connectivity index (χ2v) is 11.1. The smallest absolute Gasteiger partial charge is 0.251 e. The van der Waals surface area contributed by atoms with Crippen molar-refractivity contribution in [3.05, 3.63) is 29.5 Å². The van der Waals surface area contributed by atoms with E-state index in [-0.39, 0.29) is 23.9 Å². The van der Waals surface area contributed by atoms with Gasteiger partial charge in [0.15, 0.2) is 5.82 Å². The molecule has 3 heterocycles. The number of hydrogen-bond acceptors (Lipinski definition) is 8. The van der Waals surface area contributed by atoms with Crippen LogP contribution in [-0.2, 0) is 4.79 Å². The maximum atomic E-state index is 13.3. The first-order valence-electron chi connectivity index (χ1n) is 14.2. The average molecular weight is 536 g/mol. The molecule has 2 amide bonds. The molecule has 2 aromatic rings. The highest BCUT2D eigenvalue weighted by atomic mass is 16.5. The van der Waals surface area contributed by atoms with Gasteiger partial charge in [-0.15, -0.1) is 0 Å². The van der Waals surface area contributed by atoms with Crippen LogP contribution in [0, 0.1) is 6.92 Å². The number of aryl methyl sites for hydroxylation is 1. The highest BCUT2D eigenvalue weighted by molar-refractivity contribution is 6.05. The number of rotatable bonds is 7. The number of hydrogen-bond donors (Lipinski definition) is 2. The summed E-state index contributed by atoms with van der Waals surface area (Å²) in [5, 5.41) is 6.48. The van der Waals surface area contributed by atoms with E-state index in [4.69, 9.17) is 14.7 Å². The standard InChI is InChI=1S/C29H41N7O3/c1-6-23-28(38)35(4)25-18(2)30-29(33-26(25)36(23)21-9-7-8-10-21)32-22-12-11-19(17-24(22)39-5)27(37)31-20-13-15-34(3)16-14-20/h11-12,17,20-21,23H,6-10,13-16H2,1-5H3,(H,31,37)(H,30,32,33)/t23-/m1/s1. The van der Waals surface area contributed by atoms with E-state index in [1.165, 1.54) is 12.8 Å². The van der Waals surface area contributed by atoms with Crippen LogP contribution in [0.4, 0.5) is 23.1 Å². The lowest BCUT2D eigenvalue weighted by Gasteiger charge is -2.44. The SMILES string of the molecule is CC[C@@H]1C(=O)N(C)c2c(C)nc(Nc3ccc(C(=O)NC4CCN(C)CC4)cc3OC)nc2N1C1CCCC1. The van der Waals surface area contributed by atoms with Crippen molar-refractivity contribution in [1.29, 1.82) is 0 Å². The Balaban J connectivity index is 1.41. The number of nitrogens with one attached hydrogen (secondary N) is 2. The molecular formula is C29H41N7O3. The average Bonchev–Trinajstić information content (AvgIpc) is 3.46. The second kappa shape index (κ2) is 11.4. The van der Waals surface area contributed by atoms with E-state index in [9.17, 15) is 9.59 Å². The van der Waals surface area contributed by atoms with Gasteiger partial charge in [-0.1, -0.05) is 19.8 Å². The van der Waals surface area contributed by atoms with Crippen molar-refractivity contribution in [3.8, 4) is 5.75 Å². The van der Waals surface area contributed by atoms with Gasteiger partial charge in [0, 0.05) is 24.7 Å². The highest BCUT2D eigenvalue weighted by Crippen LogP contribution is 2.42. The molecule has 0 spiro atoms. The van der Waals surface area contributed by atoms with Gasteiger partial charge in [-0.2, -0.15) is 4.98 Å². The maximum Gasteiger partial charge on any atom is 0.251 e. The Morgan fingerprint density at radius 2 is 1.82 bits per heavy atom. The van der Waals surface area contributed by atoms with Crippen LogP contribution in [0.25, 0.3) is 0 Å². The molecule has 0 radical (unpaired) electrons. The van der Waals surface area contributed by atoms with Gasteiger partial charge in [0.05, 0.1) is 18.5 Å². The Hall–Kier alpha value is -3.40. The Morgan fingerprint density at radius 1 is 1.10 bits per heavy atom. The van der Waals surface area contributed by atoms with Crippen molar-refractivity contribution in [2.75, 3.05) is 49.4 Å². The number of benzene rings is 1. The van der Waals surface area contributed by atoms with Crippen molar-refractivity contribution in [1.82, 2.24) is 20.2 Å². The first kappa shape index (κ1) is 27.2. The summed E-state index contributed by atoms with van der Waals surface area (Å²) in [6.07, 6.45) is 7.08. The maximum absolute atomic E-state index is 13.3. The molecule has 0 bridgehead atoms. The summed E-state index contributed by atoms with van der Waals surface area (Å²) in [4.78, 5) is 42.2. The minimum absolute atomic E-state index is 0.0965. The molecule has 1 atom stereocenters. The summed E-state index contributed by atoms with van der Waals surface area (Å²) in [6.45, 7) is 5.95. The number of likely N-dealkylation sites (tertiary alicyclic amines) is 1. The van der Waals surface area contributed by atoms with Crippen molar-refractivity contribution < 1.29 is 14.3 Å². The van der Waals surface area contributed by atoms with Gasteiger partial charge in [-0.05, 0) is 77.4 Å². The van der Waals surface area contributed by atoms with Crippen molar-refractivity contribution in [2.45, 2.75) is 76.9 Å². The summed E-state index contributed by atoms with van der Waals surface area (Å²) in [6, 6.07) is 5.63. The number of likely N-dealkylation sites (N-methyl/N-ethyl adjacent to an activating group) is 1. The van der Waals surface area contributed by atoms with Gasteiger partial charge >= 0.3 is 0 Å². The van der Waals surface area contributed by atoms with Crippen LogP contribution >= 0.6 is 0 Å². The molecular weight excluding hydrogens is 494 g/mol. The zero-order valence-electron chi connectivity index (χ0n) is 23.8. The van der Waals surface area contributed by atoms with Crippen LogP contribution in [0.1, 0.15) is 67.9 Å². The normalized spacial score (nSPS) is 20.7. The zero-order chi connectivity index (χ0) is 27.7. The first-order chi connectivity index (χ1) is 18.8. The van der Waals surface area contributed by atoms with Crippen molar-refractivity contribution in [2.24, 2.45) is 0 Å². The molecule has 2 fully saturated rings. The molecule has 1 saturated carbocycles. The lowest BCUT2D eigenvalue weighted by atomic mass is 10.0. The molecule has 1 aromatic heterocycles. The van der Waals surface area contributed by atoms with Crippen LogP contribution in [0.5, 0.6) is 5.75 Å². The number of methoxy groups -OCH3 is 1. The minimum Gasteiger partial charge on any atom is -0.495 e. The number of nitrogens with zero attached hydrogens (tertiary/aromatic N) is 5. The molecule has 5 rings (SSSR count). The second-order valence-electron chi connectivity index (χ2n) is 11.1.